The van der Waals surface area contributed by atoms with E-state index in [0.717, 1.165) is 6.42 Å². The van der Waals surface area contributed by atoms with E-state index in [0.29, 0.717) is 41.4 Å². The van der Waals surface area contributed by atoms with Crippen LogP contribution in [0, 0.1) is 5.82 Å². The van der Waals surface area contributed by atoms with Gasteiger partial charge in [0.25, 0.3) is 0 Å². The van der Waals surface area contributed by atoms with E-state index in [9.17, 15) is 9.18 Å². The fourth-order valence-corrected chi connectivity index (χ4v) is 3.17. The van der Waals surface area contributed by atoms with E-state index in [1.54, 1.807) is 18.2 Å². The van der Waals surface area contributed by atoms with Gasteiger partial charge in [-0.25, -0.2) is 14.4 Å². The maximum absolute atomic E-state index is 13.4. The van der Waals surface area contributed by atoms with Crippen molar-refractivity contribution in [1.82, 2.24) is 9.97 Å². The van der Waals surface area contributed by atoms with Crippen molar-refractivity contribution in [2.24, 2.45) is 0 Å². The number of hydrogen-bond donors (Lipinski definition) is 1. The maximum Gasteiger partial charge on any atom is 0.308 e. The Hall–Kier alpha value is -2.97. The van der Waals surface area contributed by atoms with E-state index in [1.807, 2.05) is 0 Å². The van der Waals surface area contributed by atoms with Gasteiger partial charge in [-0.2, -0.15) is 0 Å². The van der Waals surface area contributed by atoms with E-state index >= 15 is 0 Å². The molecule has 1 atom stereocenters. The molecule has 150 valence electrons. The Morgan fingerprint density at radius 2 is 2.14 bits per heavy atom. The van der Waals surface area contributed by atoms with Crippen molar-refractivity contribution in [1.29, 1.82) is 0 Å². The number of hydrogen-bond acceptors (Lipinski definition) is 7. The van der Waals surface area contributed by atoms with Crippen molar-refractivity contribution >= 4 is 40.0 Å². The Labute approximate surface area is 170 Å². The molecule has 2 aromatic carbocycles. The number of aromatic nitrogens is 2. The van der Waals surface area contributed by atoms with Crippen LogP contribution in [-0.2, 0) is 9.53 Å². The number of ether oxygens (including phenoxy) is 3. The Morgan fingerprint density at radius 1 is 1.28 bits per heavy atom. The van der Waals surface area contributed by atoms with Crippen LogP contribution < -0.4 is 14.8 Å². The summed E-state index contributed by atoms with van der Waals surface area (Å²) in [6.07, 6.45) is 1.97. The highest BCUT2D eigenvalue weighted by atomic mass is 35.5. The fourth-order valence-electron chi connectivity index (χ4n) is 2.99. The van der Waals surface area contributed by atoms with Gasteiger partial charge in [-0.15, -0.1) is 0 Å². The molecule has 1 unspecified atom stereocenters. The van der Waals surface area contributed by atoms with Crippen LogP contribution in [0.15, 0.2) is 36.7 Å². The normalized spacial score (nSPS) is 16.0. The number of carbonyl (C=O) groups is 1. The lowest BCUT2D eigenvalue weighted by Gasteiger charge is -2.17. The summed E-state index contributed by atoms with van der Waals surface area (Å²) >= 11 is 5.86. The maximum atomic E-state index is 13.4. The van der Waals surface area contributed by atoms with Crippen LogP contribution in [0.1, 0.15) is 13.3 Å². The molecule has 0 aliphatic carbocycles. The highest BCUT2D eigenvalue weighted by Gasteiger charge is 2.21. The molecular weight excluding hydrogens is 401 g/mol. The number of rotatable bonds is 5. The molecule has 0 spiro atoms. The van der Waals surface area contributed by atoms with Crippen LogP contribution in [0.2, 0.25) is 5.02 Å². The number of nitrogens with zero attached hydrogens (tertiary/aromatic N) is 2. The van der Waals surface area contributed by atoms with Crippen molar-refractivity contribution in [3.8, 4) is 11.5 Å². The van der Waals surface area contributed by atoms with E-state index in [-0.39, 0.29) is 16.9 Å². The third-order valence-corrected chi connectivity index (χ3v) is 4.61. The van der Waals surface area contributed by atoms with Crippen LogP contribution in [0.25, 0.3) is 10.9 Å². The Kier molecular flexibility index (Phi) is 5.46. The molecule has 0 bridgehead atoms. The number of anilines is 2. The van der Waals surface area contributed by atoms with Gasteiger partial charge in [-0.3, -0.25) is 4.79 Å². The smallest absolute Gasteiger partial charge is 0.308 e. The summed E-state index contributed by atoms with van der Waals surface area (Å²) in [5.74, 6) is 0.152. The fraction of sp³-hybridized carbons (Fsp3) is 0.250. The predicted molar refractivity (Wildman–Crippen MR) is 105 cm³/mol. The monoisotopic (exact) mass is 417 g/mol. The Balaban J connectivity index is 1.74. The van der Waals surface area contributed by atoms with E-state index in [2.05, 4.69) is 15.3 Å². The molecule has 0 radical (unpaired) electrons. The lowest BCUT2D eigenvalue weighted by atomic mass is 10.2. The molecule has 1 aliphatic heterocycles. The molecule has 7 nitrogen and oxygen atoms in total. The van der Waals surface area contributed by atoms with Gasteiger partial charge in [0, 0.05) is 30.5 Å². The van der Waals surface area contributed by atoms with Crippen molar-refractivity contribution < 1.29 is 23.4 Å². The Morgan fingerprint density at radius 3 is 2.86 bits per heavy atom. The first-order chi connectivity index (χ1) is 14.0. The highest BCUT2D eigenvalue weighted by Crippen LogP contribution is 2.36. The molecule has 0 saturated carbocycles. The second-order valence-corrected chi connectivity index (χ2v) is 6.90. The molecule has 1 N–H and O–H groups in total. The lowest BCUT2D eigenvalue weighted by Crippen LogP contribution is -2.17. The molecule has 0 amide bonds. The first-order valence-electron chi connectivity index (χ1n) is 8.93. The average molecular weight is 418 g/mol. The zero-order valence-corrected chi connectivity index (χ0v) is 16.2. The molecule has 1 fully saturated rings. The predicted octanol–water partition coefficient (Wildman–Crippen LogP) is 4.26. The summed E-state index contributed by atoms with van der Waals surface area (Å²) in [4.78, 5) is 20.0. The zero-order valence-electron chi connectivity index (χ0n) is 15.4. The third kappa shape index (κ3) is 4.38. The van der Waals surface area contributed by atoms with Gasteiger partial charge in [0.15, 0.2) is 11.5 Å². The van der Waals surface area contributed by atoms with Crippen LogP contribution in [0.3, 0.4) is 0 Å². The molecule has 1 aromatic heterocycles. The van der Waals surface area contributed by atoms with E-state index < -0.39 is 11.8 Å². The minimum atomic E-state index is -0.509. The first kappa shape index (κ1) is 19.4. The van der Waals surface area contributed by atoms with Crippen molar-refractivity contribution in [3.63, 3.8) is 0 Å². The highest BCUT2D eigenvalue weighted by molar-refractivity contribution is 6.31. The van der Waals surface area contributed by atoms with Gasteiger partial charge in [0.2, 0.25) is 0 Å². The van der Waals surface area contributed by atoms with Crippen LogP contribution in [-0.4, -0.2) is 35.3 Å². The topological polar surface area (TPSA) is 82.6 Å². The van der Waals surface area contributed by atoms with Gasteiger partial charge in [0.1, 0.15) is 24.1 Å². The minimum Gasteiger partial charge on any atom is -0.484 e. The third-order valence-electron chi connectivity index (χ3n) is 4.32. The second-order valence-electron chi connectivity index (χ2n) is 6.49. The zero-order chi connectivity index (χ0) is 20.4. The number of esters is 1. The molecule has 3 aromatic rings. The lowest BCUT2D eigenvalue weighted by molar-refractivity contribution is -0.132. The summed E-state index contributed by atoms with van der Waals surface area (Å²) < 4.78 is 30.1. The molecule has 2 heterocycles. The number of halogens is 2. The minimum absolute atomic E-state index is 0.00392. The summed E-state index contributed by atoms with van der Waals surface area (Å²) in [7, 11) is 0. The van der Waals surface area contributed by atoms with Gasteiger partial charge in [-0.1, -0.05) is 11.6 Å². The van der Waals surface area contributed by atoms with Crippen molar-refractivity contribution in [2.75, 3.05) is 18.5 Å². The molecule has 4 rings (SSSR count). The quantitative estimate of drug-likeness (QED) is 0.490. The summed E-state index contributed by atoms with van der Waals surface area (Å²) in [5, 5.41) is 3.74. The van der Waals surface area contributed by atoms with Gasteiger partial charge in [-0.05, 0) is 24.3 Å². The van der Waals surface area contributed by atoms with E-state index in [4.69, 9.17) is 25.8 Å². The van der Waals surface area contributed by atoms with Crippen LogP contribution >= 0.6 is 11.6 Å². The largest absolute Gasteiger partial charge is 0.484 e. The number of fused-ring (bicyclic) bond motifs is 1. The van der Waals surface area contributed by atoms with Crippen LogP contribution in [0.4, 0.5) is 15.9 Å². The molecule has 29 heavy (non-hydrogen) atoms. The molecular formula is C20H17ClFN3O4. The number of benzene rings is 2. The van der Waals surface area contributed by atoms with Crippen molar-refractivity contribution in [2.45, 2.75) is 19.4 Å². The van der Waals surface area contributed by atoms with Crippen molar-refractivity contribution in [3.05, 3.63) is 47.5 Å². The van der Waals surface area contributed by atoms with Gasteiger partial charge in [0.05, 0.1) is 23.8 Å². The van der Waals surface area contributed by atoms with Gasteiger partial charge < -0.3 is 19.5 Å². The average Bonchev–Trinajstić information content (AvgIpc) is 3.18. The Bertz CT molecular complexity index is 1070. The molecule has 9 heteroatoms. The number of nitrogens with one attached hydrogen (secondary N) is 1. The van der Waals surface area contributed by atoms with E-state index in [1.165, 1.54) is 25.4 Å². The second kappa shape index (κ2) is 8.18. The van der Waals surface area contributed by atoms with Crippen LogP contribution in [0.5, 0.6) is 11.5 Å². The SMILES string of the molecule is CC(=O)Oc1cc2ncnc(Nc3ccc(F)c(Cl)c3)c2cc1OC1CCOC1. The van der Waals surface area contributed by atoms with Gasteiger partial charge >= 0.3 is 5.97 Å². The molecule has 1 saturated heterocycles. The number of carbonyl (C=O) groups excluding carboxylic acids is 1. The standard InChI is InChI=1S/C20H17ClFN3O4/c1-11(26)28-19-8-17-14(7-18(19)29-13-4-5-27-9-13)20(24-10-23-17)25-12-2-3-16(22)15(21)6-12/h2-3,6-8,10,13H,4-5,9H2,1H3,(H,23,24,25). The summed E-state index contributed by atoms with van der Waals surface area (Å²) in [6.45, 7) is 2.39. The summed E-state index contributed by atoms with van der Waals surface area (Å²) in [5.41, 5.74) is 1.11. The first-order valence-corrected chi connectivity index (χ1v) is 9.31. The molecule has 1 aliphatic rings. The summed E-state index contributed by atoms with van der Waals surface area (Å²) in [6, 6.07) is 7.61.